The number of carbonyl (C=O) groups excluding carboxylic acids is 1. The van der Waals surface area contributed by atoms with Crippen molar-refractivity contribution >= 4 is 16.0 Å². The molecule has 3 aromatic rings. The molecule has 0 atom stereocenters. The quantitative estimate of drug-likeness (QED) is 0.367. The van der Waals surface area contributed by atoms with Crippen molar-refractivity contribution in [2.45, 2.75) is 25.3 Å². The van der Waals surface area contributed by atoms with Gasteiger partial charge in [0.15, 0.2) is 0 Å². The summed E-state index contributed by atoms with van der Waals surface area (Å²) in [5, 5.41) is 0. The minimum absolute atomic E-state index is 0.0821. The highest BCUT2D eigenvalue weighted by Crippen LogP contribution is 2.30. The molecule has 0 aliphatic carbocycles. The second-order valence-corrected chi connectivity index (χ2v) is 9.80. The third-order valence-corrected chi connectivity index (χ3v) is 6.36. The summed E-state index contributed by atoms with van der Waals surface area (Å²) in [6.45, 7) is 4.63. The Morgan fingerprint density at radius 3 is 2.11 bits per heavy atom. The summed E-state index contributed by atoms with van der Waals surface area (Å²) in [4.78, 5) is 15.1. The number of nitrogens with zero attached hydrogens (tertiary/aromatic N) is 1. The molecule has 0 N–H and O–H groups in total. The molecule has 0 bridgehead atoms. The second kappa shape index (κ2) is 11.2. The summed E-state index contributed by atoms with van der Waals surface area (Å²) in [7, 11) is -1.18. The molecule has 1 amide bonds. The van der Waals surface area contributed by atoms with E-state index in [4.69, 9.17) is 13.7 Å². The minimum atomic E-state index is -4.15. The van der Waals surface area contributed by atoms with E-state index < -0.39 is 15.9 Å². The summed E-state index contributed by atoms with van der Waals surface area (Å²) in [6, 6.07) is 16.0. The molecule has 3 rings (SSSR count). The van der Waals surface area contributed by atoms with Gasteiger partial charge in [-0.2, -0.15) is 8.42 Å². The van der Waals surface area contributed by atoms with Gasteiger partial charge in [-0.25, -0.2) is 4.39 Å². The van der Waals surface area contributed by atoms with Gasteiger partial charge in [-0.1, -0.05) is 32.0 Å². The van der Waals surface area contributed by atoms with E-state index in [1.54, 1.807) is 41.3 Å². The third-order valence-electron chi connectivity index (χ3n) is 5.09. The van der Waals surface area contributed by atoms with Crippen LogP contribution in [-0.2, 0) is 16.7 Å². The van der Waals surface area contributed by atoms with Gasteiger partial charge in [0.05, 0.1) is 14.2 Å². The average Bonchev–Trinajstić information content (AvgIpc) is 2.82. The number of hydrogen-bond donors (Lipinski definition) is 0. The Morgan fingerprint density at radius 1 is 0.943 bits per heavy atom. The van der Waals surface area contributed by atoms with Crippen molar-refractivity contribution in [1.82, 2.24) is 4.90 Å². The molecule has 0 aliphatic heterocycles. The monoisotopic (exact) mass is 501 g/mol. The van der Waals surface area contributed by atoms with Gasteiger partial charge in [-0.05, 0) is 60.0 Å². The van der Waals surface area contributed by atoms with Crippen molar-refractivity contribution in [3.05, 3.63) is 83.7 Å². The molecule has 7 nitrogen and oxygen atoms in total. The molecule has 0 saturated carbocycles. The number of benzene rings is 3. The van der Waals surface area contributed by atoms with Crippen LogP contribution in [0, 0.1) is 11.7 Å². The first-order valence-corrected chi connectivity index (χ1v) is 12.3. The number of carbonyl (C=O) groups is 1. The normalized spacial score (nSPS) is 11.3. The van der Waals surface area contributed by atoms with Crippen molar-refractivity contribution in [3.8, 4) is 17.2 Å². The number of amides is 1. The number of rotatable bonds is 10. The average molecular weight is 502 g/mol. The molecule has 9 heteroatoms. The zero-order valence-electron chi connectivity index (χ0n) is 20.0. The van der Waals surface area contributed by atoms with Gasteiger partial charge >= 0.3 is 10.1 Å². The largest absolute Gasteiger partial charge is 0.496 e. The van der Waals surface area contributed by atoms with Gasteiger partial charge in [0.1, 0.15) is 33.5 Å². The van der Waals surface area contributed by atoms with E-state index >= 15 is 0 Å². The second-order valence-electron chi connectivity index (χ2n) is 8.26. The summed E-state index contributed by atoms with van der Waals surface area (Å²) < 4.78 is 54.4. The first kappa shape index (κ1) is 26.0. The topological polar surface area (TPSA) is 82.1 Å². The van der Waals surface area contributed by atoms with Crippen LogP contribution in [0.5, 0.6) is 17.2 Å². The fourth-order valence-corrected chi connectivity index (χ4v) is 4.49. The molecule has 3 aromatic carbocycles. The summed E-state index contributed by atoms with van der Waals surface area (Å²) in [5.41, 5.74) is 0.976. The van der Waals surface area contributed by atoms with E-state index in [0.29, 0.717) is 29.2 Å². The van der Waals surface area contributed by atoms with E-state index in [1.807, 2.05) is 13.8 Å². The molecule has 0 aliphatic rings. The van der Waals surface area contributed by atoms with Gasteiger partial charge < -0.3 is 18.6 Å². The van der Waals surface area contributed by atoms with Crippen molar-refractivity contribution < 1.29 is 31.3 Å². The summed E-state index contributed by atoms with van der Waals surface area (Å²) in [5.74, 6) is 0.207. The third kappa shape index (κ3) is 6.51. The van der Waals surface area contributed by atoms with Crippen LogP contribution in [0.3, 0.4) is 0 Å². The molecular formula is C26H28FNO6S. The van der Waals surface area contributed by atoms with Gasteiger partial charge in [-0.15, -0.1) is 0 Å². The van der Waals surface area contributed by atoms with Crippen LogP contribution in [0.15, 0.2) is 71.6 Å². The lowest BCUT2D eigenvalue weighted by atomic mass is 10.1. The maximum absolute atomic E-state index is 13.6. The highest BCUT2D eigenvalue weighted by molar-refractivity contribution is 7.87. The van der Waals surface area contributed by atoms with Gasteiger partial charge in [0, 0.05) is 13.1 Å². The van der Waals surface area contributed by atoms with E-state index in [1.165, 1.54) is 20.3 Å². The zero-order chi connectivity index (χ0) is 25.6. The molecule has 35 heavy (non-hydrogen) atoms. The number of halogens is 1. The van der Waals surface area contributed by atoms with Gasteiger partial charge in [0.2, 0.25) is 0 Å². The van der Waals surface area contributed by atoms with Crippen LogP contribution in [0.2, 0.25) is 0 Å². The predicted octanol–water partition coefficient (Wildman–Crippen LogP) is 4.91. The Kier molecular flexibility index (Phi) is 8.34. The summed E-state index contributed by atoms with van der Waals surface area (Å²) in [6.07, 6.45) is 0. The van der Waals surface area contributed by atoms with Gasteiger partial charge in [-0.3, -0.25) is 4.79 Å². The molecule has 186 valence electrons. The molecular weight excluding hydrogens is 473 g/mol. The number of ether oxygens (including phenoxy) is 2. The van der Waals surface area contributed by atoms with Crippen LogP contribution >= 0.6 is 0 Å². The molecule has 0 radical (unpaired) electrons. The minimum Gasteiger partial charge on any atom is -0.496 e. The Balaban J connectivity index is 1.88. The lowest BCUT2D eigenvalue weighted by Gasteiger charge is -2.26. The summed E-state index contributed by atoms with van der Waals surface area (Å²) >= 11 is 0. The van der Waals surface area contributed by atoms with Crippen LogP contribution in [0.25, 0.3) is 0 Å². The fraction of sp³-hybridized carbons (Fsp3) is 0.269. The zero-order valence-corrected chi connectivity index (χ0v) is 20.8. The SMILES string of the molecule is COc1cccc(OC)c1C(=O)N(Cc1cccc(OS(=O)(=O)c2ccc(F)cc2)c1)CC(C)C. The Labute approximate surface area is 205 Å². The molecule has 0 spiro atoms. The smallest absolute Gasteiger partial charge is 0.339 e. The van der Waals surface area contributed by atoms with Crippen molar-refractivity contribution in [3.63, 3.8) is 0 Å². The van der Waals surface area contributed by atoms with Crippen LogP contribution in [-0.4, -0.2) is 40.0 Å². The Morgan fingerprint density at radius 2 is 1.54 bits per heavy atom. The van der Waals surface area contributed by atoms with E-state index in [-0.39, 0.29) is 29.0 Å². The lowest BCUT2D eigenvalue weighted by molar-refractivity contribution is 0.0715. The predicted molar refractivity (Wildman–Crippen MR) is 130 cm³/mol. The highest BCUT2D eigenvalue weighted by atomic mass is 32.2. The van der Waals surface area contributed by atoms with Crippen molar-refractivity contribution in [2.24, 2.45) is 5.92 Å². The van der Waals surface area contributed by atoms with Crippen molar-refractivity contribution in [1.29, 1.82) is 0 Å². The molecule has 0 heterocycles. The number of hydrogen-bond acceptors (Lipinski definition) is 6. The van der Waals surface area contributed by atoms with E-state index in [0.717, 1.165) is 24.3 Å². The van der Waals surface area contributed by atoms with Crippen LogP contribution < -0.4 is 13.7 Å². The first-order valence-electron chi connectivity index (χ1n) is 10.9. The van der Waals surface area contributed by atoms with E-state index in [9.17, 15) is 17.6 Å². The molecule has 0 unspecified atom stereocenters. The molecule has 0 saturated heterocycles. The Bertz CT molecular complexity index is 1250. The maximum atomic E-state index is 13.6. The molecule has 0 fully saturated rings. The van der Waals surface area contributed by atoms with Crippen molar-refractivity contribution in [2.75, 3.05) is 20.8 Å². The highest BCUT2D eigenvalue weighted by Gasteiger charge is 2.25. The van der Waals surface area contributed by atoms with Gasteiger partial charge in [0.25, 0.3) is 5.91 Å². The van der Waals surface area contributed by atoms with E-state index in [2.05, 4.69) is 0 Å². The standard InChI is InChI=1S/C26H28FNO6S/c1-18(2)16-28(26(29)25-23(32-3)9-6-10-24(25)33-4)17-19-7-5-8-21(15-19)34-35(30,31)22-13-11-20(27)12-14-22/h5-15,18H,16-17H2,1-4H3. The maximum Gasteiger partial charge on any atom is 0.339 e. The van der Waals surface area contributed by atoms with Crippen LogP contribution in [0.1, 0.15) is 29.8 Å². The fourth-order valence-electron chi connectivity index (χ4n) is 3.57. The molecule has 0 aromatic heterocycles. The first-order chi connectivity index (χ1) is 16.6. The van der Waals surface area contributed by atoms with Crippen LogP contribution in [0.4, 0.5) is 4.39 Å². The lowest BCUT2D eigenvalue weighted by Crippen LogP contribution is -2.34. The Hall–Kier alpha value is -3.59. The number of methoxy groups -OCH3 is 2.